The van der Waals surface area contributed by atoms with Gasteiger partial charge in [0.25, 0.3) is 0 Å². The van der Waals surface area contributed by atoms with Crippen LogP contribution in [0.2, 0.25) is 0 Å². The van der Waals surface area contributed by atoms with Gasteiger partial charge in [0.1, 0.15) is 0 Å². The molecule has 4 nitrogen and oxygen atoms in total. The summed E-state index contributed by atoms with van der Waals surface area (Å²) in [6, 6.07) is 9.64. The number of nitrogens with two attached hydrogens (primary N) is 1. The molecular weight excluding hydrogens is 326 g/mol. The molecule has 0 bridgehead atoms. The van der Waals surface area contributed by atoms with Crippen molar-refractivity contribution in [2.45, 2.75) is 6.54 Å². The summed E-state index contributed by atoms with van der Waals surface area (Å²) in [5.41, 5.74) is 7.32. The number of oxime groups is 1. The standard InChI is InChI=1S/C13H14BrN3OS/c1-17(8-12-11(14)5-6-19-12)10-4-2-3-9(7-10)13(15)16-18/h2-7,18H,8H2,1H3,(H2,15,16). The molecule has 1 aromatic heterocycles. The number of thiophene rings is 1. The molecule has 0 aliphatic rings. The van der Waals surface area contributed by atoms with Gasteiger partial charge in [0.2, 0.25) is 0 Å². The average Bonchev–Trinajstić information content (AvgIpc) is 2.83. The van der Waals surface area contributed by atoms with Crippen molar-refractivity contribution in [3.05, 3.63) is 50.6 Å². The van der Waals surface area contributed by atoms with Crippen LogP contribution in [0.1, 0.15) is 10.4 Å². The summed E-state index contributed by atoms with van der Waals surface area (Å²) in [5, 5.41) is 13.8. The zero-order valence-corrected chi connectivity index (χ0v) is 12.8. The molecule has 2 rings (SSSR count). The zero-order chi connectivity index (χ0) is 13.8. The van der Waals surface area contributed by atoms with Crippen LogP contribution >= 0.6 is 27.3 Å². The lowest BCUT2D eigenvalue weighted by Crippen LogP contribution is -2.18. The van der Waals surface area contributed by atoms with Gasteiger partial charge in [0.05, 0.1) is 6.54 Å². The lowest BCUT2D eigenvalue weighted by atomic mass is 10.1. The molecule has 19 heavy (non-hydrogen) atoms. The summed E-state index contributed by atoms with van der Waals surface area (Å²) in [7, 11) is 2.01. The Kier molecular flexibility index (Phi) is 4.44. The molecule has 0 aliphatic carbocycles. The van der Waals surface area contributed by atoms with Crippen molar-refractivity contribution in [2.24, 2.45) is 10.9 Å². The number of anilines is 1. The van der Waals surface area contributed by atoms with E-state index in [0.717, 1.165) is 16.7 Å². The maximum atomic E-state index is 8.71. The maximum absolute atomic E-state index is 8.71. The Morgan fingerprint density at radius 3 is 2.89 bits per heavy atom. The Bertz CT molecular complexity index is 597. The number of rotatable bonds is 4. The largest absolute Gasteiger partial charge is 0.409 e. The number of amidine groups is 1. The van der Waals surface area contributed by atoms with E-state index in [-0.39, 0.29) is 5.84 Å². The molecule has 0 fully saturated rings. The third-order valence-electron chi connectivity index (χ3n) is 2.76. The number of benzene rings is 1. The molecular formula is C13H14BrN3OS. The number of halogens is 1. The molecule has 1 aromatic carbocycles. The Morgan fingerprint density at radius 1 is 1.47 bits per heavy atom. The van der Waals surface area contributed by atoms with Gasteiger partial charge in [-0.2, -0.15) is 0 Å². The van der Waals surface area contributed by atoms with Gasteiger partial charge in [-0.1, -0.05) is 17.3 Å². The average molecular weight is 340 g/mol. The van der Waals surface area contributed by atoms with Crippen LogP contribution in [0.4, 0.5) is 5.69 Å². The highest BCUT2D eigenvalue weighted by molar-refractivity contribution is 9.10. The minimum absolute atomic E-state index is 0.118. The van der Waals surface area contributed by atoms with Crippen LogP contribution in [-0.4, -0.2) is 18.1 Å². The Balaban J connectivity index is 2.20. The Labute approximate surface area is 124 Å². The topological polar surface area (TPSA) is 61.8 Å². The highest BCUT2D eigenvalue weighted by Gasteiger charge is 2.08. The third kappa shape index (κ3) is 3.27. The second-order valence-corrected chi connectivity index (χ2v) is 5.94. The Hall–Kier alpha value is -1.53. The quantitative estimate of drug-likeness (QED) is 0.389. The van der Waals surface area contributed by atoms with Crippen LogP contribution in [0, 0.1) is 0 Å². The van der Waals surface area contributed by atoms with Gasteiger partial charge in [-0.25, -0.2) is 0 Å². The van der Waals surface area contributed by atoms with Gasteiger partial charge in [-0.05, 0) is 39.5 Å². The van der Waals surface area contributed by atoms with E-state index >= 15 is 0 Å². The first-order valence-corrected chi connectivity index (χ1v) is 7.30. The Morgan fingerprint density at radius 2 is 2.26 bits per heavy atom. The molecule has 6 heteroatoms. The van der Waals surface area contributed by atoms with E-state index in [1.54, 1.807) is 11.3 Å². The monoisotopic (exact) mass is 339 g/mol. The molecule has 0 spiro atoms. The van der Waals surface area contributed by atoms with Gasteiger partial charge in [0.15, 0.2) is 5.84 Å². The molecule has 0 aliphatic heterocycles. The summed E-state index contributed by atoms with van der Waals surface area (Å²) in [5.74, 6) is 0.118. The molecule has 0 unspecified atom stereocenters. The summed E-state index contributed by atoms with van der Waals surface area (Å²) < 4.78 is 1.12. The minimum atomic E-state index is 0.118. The summed E-state index contributed by atoms with van der Waals surface area (Å²) in [4.78, 5) is 3.38. The second-order valence-electron chi connectivity index (χ2n) is 4.08. The maximum Gasteiger partial charge on any atom is 0.170 e. The summed E-state index contributed by atoms with van der Waals surface area (Å²) in [6.45, 7) is 0.803. The van der Waals surface area contributed by atoms with Crippen molar-refractivity contribution in [3.8, 4) is 0 Å². The van der Waals surface area contributed by atoms with E-state index < -0.39 is 0 Å². The minimum Gasteiger partial charge on any atom is -0.409 e. The van der Waals surface area contributed by atoms with Crippen LogP contribution in [0.3, 0.4) is 0 Å². The fourth-order valence-electron chi connectivity index (χ4n) is 1.71. The lowest BCUT2D eigenvalue weighted by molar-refractivity contribution is 0.318. The lowest BCUT2D eigenvalue weighted by Gasteiger charge is -2.19. The molecule has 0 saturated carbocycles. The van der Waals surface area contributed by atoms with Crippen molar-refractivity contribution in [1.82, 2.24) is 0 Å². The van der Waals surface area contributed by atoms with E-state index in [2.05, 4.69) is 31.4 Å². The van der Waals surface area contributed by atoms with Crippen molar-refractivity contribution in [3.63, 3.8) is 0 Å². The number of hydrogen-bond donors (Lipinski definition) is 2. The van der Waals surface area contributed by atoms with Crippen molar-refractivity contribution >= 4 is 38.8 Å². The number of nitrogens with zero attached hydrogens (tertiary/aromatic N) is 2. The SMILES string of the molecule is CN(Cc1sccc1Br)c1cccc(C(N)=NO)c1. The highest BCUT2D eigenvalue weighted by atomic mass is 79.9. The van der Waals surface area contributed by atoms with E-state index in [4.69, 9.17) is 10.9 Å². The molecule has 0 saturated heterocycles. The van der Waals surface area contributed by atoms with Crippen LogP contribution < -0.4 is 10.6 Å². The van der Waals surface area contributed by atoms with Gasteiger partial charge in [-0.3, -0.25) is 0 Å². The molecule has 3 N–H and O–H groups in total. The molecule has 100 valence electrons. The fourth-order valence-corrected chi connectivity index (χ4v) is 3.24. The summed E-state index contributed by atoms with van der Waals surface area (Å²) >= 11 is 5.24. The molecule has 0 amide bonds. The predicted molar refractivity (Wildman–Crippen MR) is 83.1 cm³/mol. The predicted octanol–water partition coefficient (Wildman–Crippen LogP) is 3.24. The van der Waals surface area contributed by atoms with Crippen LogP contribution in [0.5, 0.6) is 0 Å². The van der Waals surface area contributed by atoms with E-state index in [9.17, 15) is 0 Å². The van der Waals surface area contributed by atoms with E-state index in [1.807, 2.05) is 37.4 Å². The molecule has 0 atom stereocenters. The number of hydrogen-bond acceptors (Lipinski definition) is 4. The first-order chi connectivity index (χ1) is 9.11. The van der Waals surface area contributed by atoms with E-state index in [0.29, 0.717) is 5.56 Å². The normalized spacial score (nSPS) is 11.6. The zero-order valence-electron chi connectivity index (χ0n) is 10.4. The van der Waals surface area contributed by atoms with Gasteiger partial charge < -0.3 is 15.8 Å². The summed E-state index contributed by atoms with van der Waals surface area (Å²) in [6.07, 6.45) is 0. The van der Waals surface area contributed by atoms with Gasteiger partial charge >= 0.3 is 0 Å². The van der Waals surface area contributed by atoms with Crippen molar-refractivity contribution in [1.29, 1.82) is 0 Å². The van der Waals surface area contributed by atoms with Crippen LogP contribution in [0.15, 0.2) is 45.3 Å². The van der Waals surface area contributed by atoms with Gasteiger partial charge in [0, 0.05) is 27.6 Å². The van der Waals surface area contributed by atoms with Crippen LogP contribution in [-0.2, 0) is 6.54 Å². The first-order valence-electron chi connectivity index (χ1n) is 5.63. The third-order valence-corrected chi connectivity index (χ3v) is 4.67. The highest BCUT2D eigenvalue weighted by Crippen LogP contribution is 2.26. The van der Waals surface area contributed by atoms with Crippen molar-refractivity contribution in [2.75, 3.05) is 11.9 Å². The molecule has 2 aromatic rings. The second kappa shape index (κ2) is 6.08. The van der Waals surface area contributed by atoms with E-state index in [1.165, 1.54) is 4.88 Å². The van der Waals surface area contributed by atoms with Crippen LogP contribution in [0.25, 0.3) is 0 Å². The molecule has 1 heterocycles. The van der Waals surface area contributed by atoms with Crippen molar-refractivity contribution < 1.29 is 5.21 Å². The fraction of sp³-hybridized carbons (Fsp3) is 0.154. The smallest absolute Gasteiger partial charge is 0.170 e. The van der Waals surface area contributed by atoms with Gasteiger partial charge in [-0.15, -0.1) is 11.3 Å². The first kappa shape index (κ1) is 13.9. The molecule has 0 radical (unpaired) electrons.